The third-order valence-corrected chi connectivity index (χ3v) is 17.8. The van der Waals surface area contributed by atoms with Crippen molar-refractivity contribution in [2.75, 3.05) is 26.4 Å². The Labute approximate surface area is 607 Å². The van der Waals surface area contributed by atoms with Crippen LogP contribution in [-0.4, -0.2) is 61.7 Å². The quantitative estimate of drug-likeness (QED) is 0.0360. The molecule has 0 fully saturated rings. The first-order chi connectivity index (χ1) is 48.1. The van der Waals surface area contributed by atoms with E-state index in [1.807, 2.05) is 164 Å². The van der Waals surface area contributed by atoms with Gasteiger partial charge in [-0.2, -0.15) is 43.9 Å². The number of aliphatic hydroxyl groups excluding tert-OH is 1. The fraction of sp³-hybridized carbons (Fsp3) is 0.318. The number of rotatable bonds is 30. The van der Waals surface area contributed by atoms with Gasteiger partial charge in [-0.25, -0.2) is 8.78 Å². The maximum atomic E-state index is 13.4. The molecule has 540 valence electrons. The van der Waals surface area contributed by atoms with Gasteiger partial charge in [0, 0.05) is 24.9 Å². The molecule has 0 spiro atoms. The summed E-state index contributed by atoms with van der Waals surface area (Å²) < 4.78 is 169. The summed E-state index contributed by atoms with van der Waals surface area (Å²) in [7, 11) is 0. The minimum atomic E-state index is -5.69. The summed E-state index contributed by atoms with van der Waals surface area (Å²) >= 11 is 0. The number of hydrogen-bond acceptors (Lipinski definition) is 4. The Morgan fingerprint density at radius 2 is 0.784 bits per heavy atom. The zero-order valence-corrected chi connectivity index (χ0v) is 58.6. The zero-order chi connectivity index (χ0) is 73.7. The molecule has 0 aliphatic rings. The smallest absolute Gasteiger partial charge is 1.00 e. The molecule has 0 aliphatic carbocycles. The van der Waals surface area contributed by atoms with Crippen molar-refractivity contribution in [3.05, 3.63) is 318 Å². The molecule has 1 N–H and O–H groups in total. The molecule has 102 heavy (non-hydrogen) atoms. The number of aliphatic hydroxyl groups is 1. The number of ether oxygens (including phenoxy) is 3. The molecular weight excluding hydrogens is 1320 g/mol. The predicted molar refractivity (Wildman–Crippen MR) is 384 cm³/mol. The van der Waals surface area contributed by atoms with Gasteiger partial charge in [0.15, 0.2) is 19.8 Å². The first kappa shape index (κ1) is 84.2. The van der Waals surface area contributed by atoms with E-state index in [4.69, 9.17) is 14.2 Å². The Morgan fingerprint density at radius 3 is 1.20 bits per heavy atom. The molecule has 0 aromatic heterocycles. The van der Waals surface area contributed by atoms with E-state index in [9.17, 15) is 57.8 Å². The third kappa shape index (κ3) is 25.5. The molecule has 0 radical (unpaired) electrons. The Morgan fingerprint density at radius 1 is 0.431 bits per heavy atom. The molecule has 0 heterocycles. The maximum absolute atomic E-state index is 13.4. The first-order valence-electron chi connectivity index (χ1n) is 33.8. The van der Waals surface area contributed by atoms with Gasteiger partial charge in [-0.3, -0.25) is 0 Å². The van der Waals surface area contributed by atoms with Crippen molar-refractivity contribution in [3.63, 3.8) is 0 Å². The van der Waals surface area contributed by atoms with Crippen molar-refractivity contribution in [2.24, 2.45) is 11.8 Å². The molecular formula is C85H91F12LiO4. The molecule has 0 saturated carbocycles. The first-order valence-corrected chi connectivity index (χ1v) is 33.8. The van der Waals surface area contributed by atoms with Gasteiger partial charge in [-0.05, 0) is 135 Å². The van der Waals surface area contributed by atoms with Gasteiger partial charge in [-0.1, -0.05) is 291 Å². The predicted octanol–water partition coefficient (Wildman–Crippen LogP) is 21.8. The summed E-state index contributed by atoms with van der Waals surface area (Å²) in [5.74, 6) is -11.2. The Hall–Kier alpha value is -8.42. The number of hydrogen-bond donors (Lipinski definition) is 1. The van der Waals surface area contributed by atoms with E-state index in [-0.39, 0.29) is 56.1 Å². The van der Waals surface area contributed by atoms with Crippen LogP contribution in [0, 0.1) is 11.8 Å². The summed E-state index contributed by atoms with van der Waals surface area (Å²) in [5.41, 5.74) is 9.53. The second kappa shape index (κ2) is 40.4. The monoisotopic (exact) mass is 1410 g/mol. The van der Waals surface area contributed by atoms with Crippen molar-refractivity contribution in [3.8, 4) is 17.2 Å². The summed E-state index contributed by atoms with van der Waals surface area (Å²) in [6.07, 6.45) is -3.18. The molecule has 6 unspecified atom stereocenters. The molecule has 9 aromatic carbocycles. The van der Waals surface area contributed by atoms with Crippen LogP contribution in [0.3, 0.4) is 0 Å². The van der Waals surface area contributed by atoms with E-state index >= 15 is 0 Å². The molecule has 0 aliphatic heterocycles. The van der Waals surface area contributed by atoms with Crippen LogP contribution in [0.15, 0.2) is 268 Å². The molecule has 0 bridgehead atoms. The largest absolute Gasteiger partial charge is 1.00 e. The van der Waals surface area contributed by atoms with Gasteiger partial charge in [0.05, 0.1) is 0 Å². The van der Waals surface area contributed by atoms with E-state index in [2.05, 4.69) is 77.3 Å². The molecule has 0 amide bonds. The maximum Gasteiger partial charge on any atom is 1.00 e. The second-order valence-corrected chi connectivity index (χ2v) is 25.3. The van der Waals surface area contributed by atoms with Crippen molar-refractivity contribution in [1.29, 1.82) is 0 Å². The third-order valence-electron chi connectivity index (χ3n) is 17.8. The number of benzene rings is 9. The van der Waals surface area contributed by atoms with Crippen LogP contribution in [0.2, 0.25) is 0 Å². The molecule has 9 rings (SSSR count). The average Bonchev–Trinajstić information content (AvgIpc) is 0.750. The number of halogens is 12. The van der Waals surface area contributed by atoms with Crippen LogP contribution < -0.4 is 33.1 Å². The Bertz CT molecular complexity index is 3790. The van der Waals surface area contributed by atoms with Crippen LogP contribution in [0.25, 0.3) is 11.6 Å². The molecule has 4 nitrogen and oxygen atoms in total. The Balaban J connectivity index is 0.000000317. The minimum absolute atomic E-state index is 0. The van der Waals surface area contributed by atoms with Gasteiger partial charge < -0.3 is 20.7 Å². The minimum Gasteiger partial charge on any atom is -1.00 e. The van der Waals surface area contributed by atoms with Crippen LogP contribution in [0.1, 0.15) is 149 Å². The topological polar surface area (TPSA) is 47.9 Å². The van der Waals surface area contributed by atoms with Crippen molar-refractivity contribution < 1.29 is 92.3 Å². The summed E-state index contributed by atoms with van der Waals surface area (Å²) in [5, 5.41) is 10.3. The summed E-state index contributed by atoms with van der Waals surface area (Å²) in [4.78, 5) is 0. The zero-order valence-electron chi connectivity index (χ0n) is 59.6. The van der Waals surface area contributed by atoms with Gasteiger partial charge in [-0.15, -0.1) is 0 Å². The summed E-state index contributed by atoms with van der Waals surface area (Å²) in [6, 6.07) is 79.7. The van der Waals surface area contributed by atoms with Crippen LogP contribution in [0.5, 0.6) is 17.2 Å². The second-order valence-electron chi connectivity index (χ2n) is 25.3. The van der Waals surface area contributed by atoms with Crippen LogP contribution >= 0.6 is 0 Å². The van der Waals surface area contributed by atoms with E-state index in [0.717, 1.165) is 90.0 Å². The van der Waals surface area contributed by atoms with E-state index in [0.29, 0.717) is 24.0 Å². The average molecular weight is 1410 g/mol. The SMILES string of the molecule is C=C(c1ccccc1)c1ccc(OCC(C)(F)F)cc1.C=Cc1ccccc1.CCC(C)CCC(c1ccccc1)C(CCO)(c1ccccc1)c1ccc(OCC(F)(F)C(F)(F)F)cc1.CCC(C)CCC(c1ccccc1)C(c1ccccc1)c1ccc(OCC(F)(F)C(F)(F)F)cc1.[H-].[Li+]. The van der Waals surface area contributed by atoms with Gasteiger partial charge in [0.2, 0.25) is 0 Å². The Kier molecular flexibility index (Phi) is 33.4. The molecule has 9 aromatic rings. The van der Waals surface area contributed by atoms with Crippen LogP contribution in [-0.2, 0) is 5.41 Å². The van der Waals surface area contributed by atoms with E-state index in [1.165, 1.54) is 35.4 Å². The normalized spacial score (nSPS) is 13.7. The van der Waals surface area contributed by atoms with Crippen molar-refractivity contribution >= 4 is 11.6 Å². The fourth-order valence-corrected chi connectivity index (χ4v) is 11.7. The van der Waals surface area contributed by atoms with E-state index < -0.39 is 55.4 Å². The standard InChI is InChI=1S/C31H35F5O2.C29H31F5O.C17H16F2O.C8H8.Li.H/c1-3-23(2)14-19-28(24-10-6-4-7-11-24)29(20-21-37,25-12-8-5-9-13-25)26-15-17-27(18-16-26)38-22-30(32,33)31(34,35)36;1-3-21(2)14-19-26(22-10-6-4-7-11-22)27(23-12-8-5-9-13-23)24-15-17-25(18-16-24)35-20-28(30,31)29(32,33)34;1-13(14-6-4-3-5-7-14)15-8-10-16(11-9-15)20-12-17(2,18)19;1-2-8-6-4-3-5-7-8;;/h4-13,15-18,23,28,37H,3,14,19-22H2,1-2H3;4-13,15-18,21,26-27H,3,14,19-20H2,1-2H3;3-11H,1,12H2,2H3;2-7H,1H2;;/q;;;;+1;-1. The fourth-order valence-electron chi connectivity index (χ4n) is 11.7. The molecule has 6 atom stereocenters. The number of alkyl halides is 12. The van der Waals surface area contributed by atoms with Crippen molar-refractivity contribution in [1.82, 2.24) is 0 Å². The molecule has 17 heteroatoms. The van der Waals surface area contributed by atoms with Gasteiger partial charge >= 0.3 is 43.1 Å². The molecule has 0 saturated heterocycles. The van der Waals surface area contributed by atoms with Crippen LogP contribution in [0.4, 0.5) is 52.7 Å². The van der Waals surface area contributed by atoms with Gasteiger partial charge in [0.1, 0.15) is 17.2 Å². The van der Waals surface area contributed by atoms with E-state index in [1.54, 1.807) is 36.4 Å². The van der Waals surface area contributed by atoms with Crippen molar-refractivity contribution in [2.45, 2.75) is 133 Å². The van der Waals surface area contributed by atoms with Gasteiger partial charge in [0.25, 0.3) is 5.92 Å². The summed E-state index contributed by atoms with van der Waals surface area (Å²) in [6.45, 7) is 13.0.